The largest absolute Gasteiger partial charge is 0.480 e. The van der Waals surface area contributed by atoms with E-state index in [9.17, 15) is 19.5 Å². The Hall–Kier alpha value is -3.66. The number of nitrogens with zero attached hydrogens (tertiary/aromatic N) is 4. The molecule has 194 valence electrons. The van der Waals surface area contributed by atoms with Crippen LogP contribution < -0.4 is 14.5 Å². The summed E-state index contributed by atoms with van der Waals surface area (Å²) in [7, 11) is 1.39. The molecule has 0 aliphatic carbocycles. The fourth-order valence-corrected chi connectivity index (χ4v) is 4.37. The maximum atomic E-state index is 13.7. The molecule has 1 aromatic carbocycles. The van der Waals surface area contributed by atoms with Crippen molar-refractivity contribution in [2.45, 2.75) is 40.8 Å². The molecular formula is C26H34N4O6. The summed E-state index contributed by atoms with van der Waals surface area (Å²) in [6.07, 6.45) is -1.13. The molecule has 2 aromatic rings. The molecule has 1 saturated heterocycles. The molecule has 0 saturated carbocycles. The number of carbonyl (C=O) groups excluding carboxylic acids is 3. The summed E-state index contributed by atoms with van der Waals surface area (Å²) in [5, 5.41) is 11.0. The Kier molecular flexibility index (Phi) is 8.52. The second kappa shape index (κ2) is 11.4. The van der Waals surface area contributed by atoms with Gasteiger partial charge >= 0.3 is 12.0 Å². The van der Waals surface area contributed by atoms with Gasteiger partial charge in [0.05, 0.1) is 26.0 Å². The number of piperazine rings is 1. The van der Waals surface area contributed by atoms with Gasteiger partial charge in [0.2, 0.25) is 5.88 Å². The summed E-state index contributed by atoms with van der Waals surface area (Å²) in [4.78, 5) is 47.1. The molecule has 0 bridgehead atoms. The lowest BCUT2D eigenvalue weighted by atomic mass is 10.1. The summed E-state index contributed by atoms with van der Waals surface area (Å²) >= 11 is 0. The molecule has 2 heterocycles. The topological polar surface area (TPSA) is 113 Å². The van der Waals surface area contributed by atoms with E-state index in [4.69, 9.17) is 9.47 Å². The number of amides is 2. The number of rotatable bonds is 7. The van der Waals surface area contributed by atoms with Gasteiger partial charge in [0.25, 0.3) is 0 Å². The molecule has 0 spiro atoms. The van der Waals surface area contributed by atoms with Crippen molar-refractivity contribution in [1.29, 1.82) is 0 Å². The van der Waals surface area contributed by atoms with Crippen molar-refractivity contribution < 1.29 is 29.0 Å². The number of pyridine rings is 1. The van der Waals surface area contributed by atoms with Gasteiger partial charge < -0.3 is 19.5 Å². The highest BCUT2D eigenvalue weighted by Crippen LogP contribution is 2.31. The first kappa shape index (κ1) is 26.9. The van der Waals surface area contributed by atoms with Crippen molar-refractivity contribution in [3.63, 3.8) is 0 Å². The van der Waals surface area contributed by atoms with E-state index in [0.29, 0.717) is 17.8 Å². The molecule has 1 aromatic heterocycles. The van der Waals surface area contributed by atoms with Crippen molar-refractivity contribution in [1.82, 2.24) is 9.88 Å². The summed E-state index contributed by atoms with van der Waals surface area (Å²) in [6.45, 7) is 9.36. The van der Waals surface area contributed by atoms with Crippen LogP contribution in [0, 0.1) is 20.8 Å². The summed E-state index contributed by atoms with van der Waals surface area (Å²) < 4.78 is 10.5. The first-order valence-corrected chi connectivity index (χ1v) is 11.9. The van der Waals surface area contributed by atoms with E-state index in [1.807, 2.05) is 30.9 Å². The minimum absolute atomic E-state index is 0.0820. The maximum absolute atomic E-state index is 13.7. The number of urea groups is 1. The van der Waals surface area contributed by atoms with E-state index in [1.54, 1.807) is 13.8 Å². The van der Waals surface area contributed by atoms with Gasteiger partial charge in [-0.25, -0.2) is 9.78 Å². The summed E-state index contributed by atoms with van der Waals surface area (Å²) in [5.74, 6) is -0.797. The van der Waals surface area contributed by atoms with Gasteiger partial charge in [0.1, 0.15) is 18.5 Å². The number of aliphatic hydroxyl groups is 1. The maximum Gasteiger partial charge on any atom is 0.327 e. The average Bonchev–Trinajstić information content (AvgIpc) is 2.81. The number of carbonyl (C=O) groups is 3. The number of anilines is 2. The van der Waals surface area contributed by atoms with Crippen LogP contribution in [0.5, 0.6) is 5.88 Å². The van der Waals surface area contributed by atoms with Crippen molar-refractivity contribution in [2.24, 2.45) is 0 Å². The van der Waals surface area contributed by atoms with Crippen LogP contribution in [0.1, 0.15) is 41.0 Å². The lowest BCUT2D eigenvalue weighted by Gasteiger charge is -2.41. The molecule has 2 amide bonds. The predicted octanol–water partition coefficient (Wildman–Crippen LogP) is 2.85. The predicted molar refractivity (Wildman–Crippen MR) is 136 cm³/mol. The average molecular weight is 499 g/mol. The van der Waals surface area contributed by atoms with Crippen LogP contribution >= 0.6 is 0 Å². The highest BCUT2D eigenvalue weighted by molar-refractivity contribution is 6.01. The quantitative estimate of drug-likeness (QED) is 0.458. The lowest BCUT2D eigenvalue weighted by Crippen LogP contribution is -2.59. The van der Waals surface area contributed by atoms with E-state index in [2.05, 4.69) is 11.1 Å². The third-order valence-electron chi connectivity index (χ3n) is 6.02. The molecule has 0 radical (unpaired) electrons. The molecule has 1 atom stereocenters. The van der Waals surface area contributed by atoms with Crippen molar-refractivity contribution >= 4 is 29.2 Å². The van der Waals surface area contributed by atoms with Gasteiger partial charge in [-0.15, -0.1) is 0 Å². The molecule has 1 aliphatic rings. The van der Waals surface area contributed by atoms with Gasteiger partial charge in [-0.05, 0) is 63.9 Å². The third kappa shape index (κ3) is 5.93. The van der Waals surface area contributed by atoms with Gasteiger partial charge in [-0.1, -0.05) is 6.07 Å². The van der Waals surface area contributed by atoms with Gasteiger partial charge in [0, 0.05) is 24.3 Å². The number of aryl methyl sites for hydroxylation is 3. The normalized spacial score (nSPS) is 15.5. The first-order chi connectivity index (χ1) is 17.0. The van der Waals surface area contributed by atoms with Gasteiger partial charge in [0.15, 0.2) is 5.78 Å². The number of methoxy groups -OCH3 is 1. The number of aromatic nitrogens is 1. The van der Waals surface area contributed by atoms with Crippen LogP contribution in [0.3, 0.4) is 0 Å². The fraction of sp³-hybridized carbons (Fsp3) is 0.462. The number of benzene rings is 1. The van der Waals surface area contributed by atoms with Gasteiger partial charge in [-0.2, -0.15) is 0 Å². The molecule has 36 heavy (non-hydrogen) atoms. The van der Waals surface area contributed by atoms with Crippen LogP contribution in [-0.2, 0) is 9.53 Å². The van der Waals surface area contributed by atoms with Crippen molar-refractivity contribution in [2.75, 3.05) is 49.7 Å². The molecule has 1 N–H and O–H groups in total. The zero-order valence-corrected chi connectivity index (χ0v) is 21.7. The molecule has 3 rings (SSSR count). The first-order valence-electron chi connectivity index (χ1n) is 11.9. The lowest BCUT2D eigenvalue weighted by molar-refractivity contribution is -0.141. The summed E-state index contributed by atoms with van der Waals surface area (Å²) in [6, 6.07) is 7.02. The molecule has 1 aliphatic heterocycles. The molecule has 1 fully saturated rings. The van der Waals surface area contributed by atoms with E-state index in [1.165, 1.54) is 25.0 Å². The zero-order chi connectivity index (χ0) is 26.6. The van der Waals surface area contributed by atoms with E-state index < -0.39 is 24.8 Å². The number of esters is 1. The number of β-amino-alcohol motifs (C(OH)–C–C–N with tert-alkyl or cyclic N) is 1. The monoisotopic (exact) mass is 498 g/mol. The van der Waals surface area contributed by atoms with Crippen LogP contribution in [-0.4, -0.2) is 78.9 Å². The van der Waals surface area contributed by atoms with E-state index >= 15 is 0 Å². The second-order valence-electron chi connectivity index (χ2n) is 8.85. The minimum atomic E-state index is -1.13. The Morgan fingerprint density at radius 1 is 1.11 bits per heavy atom. The Morgan fingerprint density at radius 3 is 2.33 bits per heavy atom. The standard InChI is InChI=1S/C26H34N4O6/c1-7-36-24(33)15-30(22-13-21(19(5)31)18(4)27-25(22)35-6)26(34)29-9-8-28(14-23(29)32)20-11-16(2)10-17(3)12-20/h10-13,23,32H,7-9,14-15H2,1-6H3. The van der Waals surface area contributed by atoms with E-state index in [0.717, 1.165) is 21.7 Å². The van der Waals surface area contributed by atoms with Crippen LogP contribution in [0.2, 0.25) is 0 Å². The minimum Gasteiger partial charge on any atom is -0.480 e. The van der Waals surface area contributed by atoms with E-state index in [-0.39, 0.29) is 37.0 Å². The summed E-state index contributed by atoms with van der Waals surface area (Å²) in [5.41, 5.74) is 4.08. The molecule has 1 unspecified atom stereocenters. The highest BCUT2D eigenvalue weighted by atomic mass is 16.5. The third-order valence-corrected chi connectivity index (χ3v) is 6.02. The Bertz CT molecular complexity index is 1130. The van der Waals surface area contributed by atoms with Gasteiger partial charge in [-0.3, -0.25) is 19.4 Å². The highest BCUT2D eigenvalue weighted by Gasteiger charge is 2.35. The SMILES string of the molecule is CCOC(=O)CN(C(=O)N1CCN(c2cc(C)cc(C)c2)CC1O)c1cc(C(C)=O)c(C)nc1OC. The number of aliphatic hydroxyl groups excluding tert-OH is 1. The number of ether oxygens (including phenoxy) is 2. The second-order valence-corrected chi connectivity index (χ2v) is 8.85. The molecule has 10 nitrogen and oxygen atoms in total. The molecule has 10 heteroatoms. The number of ketones is 1. The number of Topliss-reactive ketones (excluding diaryl/α,β-unsaturated/α-hetero) is 1. The van der Waals surface area contributed by atoms with Crippen LogP contribution in [0.25, 0.3) is 0 Å². The van der Waals surface area contributed by atoms with Crippen LogP contribution in [0.15, 0.2) is 24.3 Å². The Morgan fingerprint density at radius 2 is 1.78 bits per heavy atom. The zero-order valence-electron chi connectivity index (χ0n) is 21.7. The Balaban J connectivity index is 1.94. The van der Waals surface area contributed by atoms with Crippen LogP contribution in [0.4, 0.5) is 16.2 Å². The number of hydrogen-bond acceptors (Lipinski definition) is 8. The number of hydrogen-bond donors (Lipinski definition) is 1. The Labute approximate surface area is 211 Å². The van der Waals surface area contributed by atoms with Crippen molar-refractivity contribution in [3.8, 4) is 5.88 Å². The van der Waals surface area contributed by atoms with Crippen molar-refractivity contribution in [3.05, 3.63) is 46.6 Å². The fourth-order valence-electron chi connectivity index (χ4n) is 4.37. The molecular weight excluding hydrogens is 464 g/mol. The smallest absolute Gasteiger partial charge is 0.327 e.